The van der Waals surface area contributed by atoms with Crippen molar-refractivity contribution in [1.82, 2.24) is 19.3 Å². The van der Waals surface area contributed by atoms with Gasteiger partial charge in [0.2, 0.25) is 0 Å². The Morgan fingerprint density at radius 1 is 0.576 bits per heavy atom. The second kappa shape index (κ2) is 7.76. The van der Waals surface area contributed by atoms with Crippen LogP contribution in [0.15, 0.2) is 109 Å². The molecule has 0 unspecified atom stereocenters. The van der Waals surface area contributed by atoms with E-state index in [4.69, 9.17) is 14.8 Å². The number of hydrogen-bond acceptors (Lipinski definition) is 4. The highest BCUT2D eigenvalue weighted by Crippen LogP contribution is 2.27. The number of aromatic nitrogens is 4. The molecule has 158 valence electrons. The van der Waals surface area contributed by atoms with E-state index >= 15 is 0 Å². The molecule has 0 bridgehead atoms. The van der Waals surface area contributed by atoms with Gasteiger partial charge in [-0.05, 0) is 24.3 Å². The Bertz CT molecular complexity index is 1600. The molecular formula is C27H18N4O2. The zero-order chi connectivity index (χ0) is 22.2. The average Bonchev–Trinajstić information content (AvgIpc) is 3.44. The minimum Gasteiger partial charge on any atom is -0.314 e. The topological polar surface area (TPSA) is 61.9 Å². The highest BCUT2D eigenvalue weighted by atomic mass is 16.7. The van der Waals surface area contributed by atoms with E-state index < -0.39 is 6.09 Å². The Morgan fingerprint density at radius 2 is 1.06 bits per heavy atom. The fraction of sp³-hybridized carbons (Fsp3) is 0. The van der Waals surface area contributed by atoms with Gasteiger partial charge in [0.25, 0.3) is 0 Å². The van der Waals surface area contributed by atoms with Gasteiger partial charge >= 0.3 is 6.09 Å². The summed E-state index contributed by atoms with van der Waals surface area (Å²) in [5.74, 6) is 1.07. The monoisotopic (exact) mass is 430 g/mol. The molecule has 0 saturated heterocycles. The number of fused-ring (bicyclic) bond motifs is 2. The molecule has 0 aliphatic carbocycles. The summed E-state index contributed by atoms with van der Waals surface area (Å²) >= 11 is 0. The Balaban J connectivity index is 1.52. The van der Waals surface area contributed by atoms with E-state index in [1.807, 2.05) is 109 Å². The third-order valence-electron chi connectivity index (χ3n) is 5.50. The first kappa shape index (κ1) is 19.0. The normalized spacial score (nSPS) is 11.2. The van der Waals surface area contributed by atoms with Gasteiger partial charge in [-0.25, -0.2) is 19.3 Å². The van der Waals surface area contributed by atoms with Crippen LogP contribution >= 0.6 is 0 Å². The molecule has 6 heteroatoms. The quantitative estimate of drug-likeness (QED) is 0.355. The van der Waals surface area contributed by atoms with Crippen LogP contribution in [-0.4, -0.2) is 25.4 Å². The van der Waals surface area contributed by atoms with Crippen molar-refractivity contribution in [2.24, 2.45) is 0 Å². The number of carbonyl (C=O) groups is 1. The van der Waals surface area contributed by atoms with Crippen LogP contribution in [0.5, 0.6) is 0 Å². The minimum atomic E-state index is -0.567. The van der Waals surface area contributed by atoms with Gasteiger partial charge in [-0.2, -0.15) is 4.73 Å². The number of carbonyl (C=O) groups excluding carboxylic acids is 1. The molecule has 0 amide bonds. The van der Waals surface area contributed by atoms with Gasteiger partial charge in [0, 0.05) is 11.1 Å². The summed E-state index contributed by atoms with van der Waals surface area (Å²) in [4.78, 5) is 29.1. The predicted octanol–water partition coefficient (Wildman–Crippen LogP) is 5.82. The van der Waals surface area contributed by atoms with Crippen molar-refractivity contribution in [2.75, 3.05) is 0 Å². The zero-order valence-electron chi connectivity index (χ0n) is 17.5. The Morgan fingerprint density at radius 3 is 1.73 bits per heavy atom. The van der Waals surface area contributed by atoms with Crippen molar-refractivity contribution in [3.05, 3.63) is 109 Å². The number of hydrogen-bond donors (Lipinski definition) is 0. The Hall–Kier alpha value is -4.71. The first-order valence-electron chi connectivity index (χ1n) is 10.6. The molecule has 0 N–H and O–H groups in total. The maximum absolute atomic E-state index is 13.7. The maximum atomic E-state index is 13.7. The first-order valence-corrected chi connectivity index (χ1v) is 10.6. The lowest BCUT2D eigenvalue weighted by Crippen LogP contribution is -2.26. The lowest BCUT2D eigenvalue weighted by Gasteiger charge is -2.12. The van der Waals surface area contributed by atoms with Gasteiger partial charge in [-0.15, -0.1) is 0 Å². The van der Waals surface area contributed by atoms with E-state index in [9.17, 15) is 4.79 Å². The molecule has 4 aromatic carbocycles. The molecule has 0 saturated carbocycles. The third-order valence-corrected chi connectivity index (χ3v) is 5.50. The van der Waals surface area contributed by atoms with Crippen molar-refractivity contribution < 1.29 is 9.63 Å². The SMILES string of the molecule is O=C(On1c(-c2ccccc2)nc2ccccc21)n1c(-c2ccccc2)nc2ccccc21. The summed E-state index contributed by atoms with van der Waals surface area (Å²) in [5, 5.41) is 0. The number of para-hydroxylation sites is 4. The van der Waals surface area contributed by atoms with Crippen LogP contribution in [-0.2, 0) is 0 Å². The molecule has 2 heterocycles. The highest BCUT2D eigenvalue weighted by molar-refractivity contribution is 5.92. The van der Waals surface area contributed by atoms with Crippen molar-refractivity contribution in [1.29, 1.82) is 0 Å². The van der Waals surface area contributed by atoms with E-state index in [0.717, 1.165) is 16.6 Å². The van der Waals surface area contributed by atoms with Crippen molar-refractivity contribution in [3.8, 4) is 22.8 Å². The standard InChI is InChI=1S/C27H18N4O2/c32-27(30-23-17-9-7-15-21(23)28-25(30)19-11-3-1-4-12-19)33-31-24-18-10-8-16-22(24)29-26(31)20-13-5-2-6-14-20/h1-18H. The molecule has 0 fully saturated rings. The molecule has 0 spiro atoms. The molecule has 6 nitrogen and oxygen atoms in total. The van der Waals surface area contributed by atoms with Crippen molar-refractivity contribution >= 4 is 28.2 Å². The summed E-state index contributed by atoms with van der Waals surface area (Å²) in [6.45, 7) is 0. The number of nitrogens with zero attached hydrogens (tertiary/aromatic N) is 4. The second-order valence-corrected chi connectivity index (χ2v) is 7.57. The van der Waals surface area contributed by atoms with Crippen LogP contribution in [0.3, 0.4) is 0 Å². The fourth-order valence-electron chi connectivity index (χ4n) is 3.98. The van der Waals surface area contributed by atoms with Crippen LogP contribution in [0, 0.1) is 0 Å². The smallest absolute Gasteiger partial charge is 0.314 e. The summed E-state index contributed by atoms with van der Waals surface area (Å²) in [6.07, 6.45) is -0.567. The Kier molecular flexibility index (Phi) is 4.47. The van der Waals surface area contributed by atoms with Crippen LogP contribution < -0.4 is 4.84 Å². The molecule has 6 aromatic rings. The van der Waals surface area contributed by atoms with E-state index in [-0.39, 0.29) is 0 Å². The van der Waals surface area contributed by atoms with E-state index in [1.165, 1.54) is 9.30 Å². The molecule has 0 atom stereocenters. The van der Waals surface area contributed by atoms with Crippen LogP contribution in [0.2, 0.25) is 0 Å². The molecule has 0 aliphatic rings. The zero-order valence-corrected chi connectivity index (χ0v) is 17.5. The molecule has 6 rings (SSSR count). The number of benzene rings is 4. The fourth-order valence-corrected chi connectivity index (χ4v) is 3.98. The lowest BCUT2D eigenvalue weighted by atomic mass is 10.2. The van der Waals surface area contributed by atoms with E-state index in [0.29, 0.717) is 28.2 Å². The van der Waals surface area contributed by atoms with Gasteiger partial charge in [-0.3, -0.25) is 0 Å². The van der Waals surface area contributed by atoms with Crippen molar-refractivity contribution in [3.63, 3.8) is 0 Å². The third kappa shape index (κ3) is 3.25. The molecule has 2 aromatic heterocycles. The molecule has 33 heavy (non-hydrogen) atoms. The summed E-state index contributed by atoms with van der Waals surface area (Å²) in [6, 6.07) is 34.4. The number of rotatable bonds is 3. The molecule has 0 radical (unpaired) electrons. The molecular weight excluding hydrogens is 412 g/mol. The minimum absolute atomic E-state index is 0.521. The molecule has 0 aliphatic heterocycles. The Labute approximate surface area is 189 Å². The van der Waals surface area contributed by atoms with Crippen molar-refractivity contribution in [2.45, 2.75) is 0 Å². The van der Waals surface area contributed by atoms with Gasteiger partial charge in [0.05, 0.1) is 16.6 Å². The van der Waals surface area contributed by atoms with Crippen LogP contribution in [0.25, 0.3) is 44.8 Å². The number of imidazole rings is 2. The first-order chi connectivity index (χ1) is 16.3. The average molecular weight is 430 g/mol. The van der Waals surface area contributed by atoms with E-state index in [1.54, 1.807) is 0 Å². The summed E-state index contributed by atoms with van der Waals surface area (Å²) in [5.41, 5.74) is 4.50. The van der Waals surface area contributed by atoms with Gasteiger partial charge in [0.15, 0.2) is 11.6 Å². The summed E-state index contributed by atoms with van der Waals surface area (Å²) < 4.78 is 3.00. The van der Waals surface area contributed by atoms with E-state index in [2.05, 4.69) is 0 Å². The summed E-state index contributed by atoms with van der Waals surface area (Å²) in [7, 11) is 0. The van der Waals surface area contributed by atoms with Gasteiger partial charge in [0.1, 0.15) is 5.52 Å². The second-order valence-electron chi connectivity index (χ2n) is 7.57. The highest BCUT2D eigenvalue weighted by Gasteiger charge is 2.23. The van der Waals surface area contributed by atoms with Crippen LogP contribution in [0.1, 0.15) is 0 Å². The maximum Gasteiger partial charge on any atom is 0.445 e. The van der Waals surface area contributed by atoms with Gasteiger partial charge in [-0.1, -0.05) is 84.9 Å². The lowest BCUT2D eigenvalue weighted by molar-refractivity contribution is 0.142. The predicted molar refractivity (Wildman–Crippen MR) is 128 cm³/mol. The van der Waals surface area contributed by atoms with Crippen LogP contribution in [0.4, 0.5) is 4.79 Å². The largest absolute Gasteiger partial charge is 0.445 e. The van der Waals surface area contributed by atoms with Gasteiger partial charge < -0.3 is 4.84 Å².